The molecule has 1 atom stereocenters. The van der Waals surface area contributed by atoms with E-state index in [1.807, 2.05) is 11.8 Å². The van der Waals surface area contributed by atoms with Gasteiger partial charge in [-0.15, -0.1) is 0 Å². The fourth-order valence-electron chi connectivity index (χ4n) is 1.88. The van der Waals surface area contributed by atoms with E-state index in [0.29, 0.717) is 5.25 Å². The Morgan fingerprint density at radius 2 is 2.12 bits per heavy atom. The summed E-state index contributed by atoms with van der Waals surface area (Å²) in [4.78, 5) is 4.56. The summed E-state index contributed by atoms with van der Waals surface area (Å²) in [6.07, 6.45) is 3.81. The van der Waals surface area contributed by atoms with E-state index in [2.05, 4.69) is 47.6 Å². The minimum atomic E-state index is 0.505. The Morgan fingerprint density at radius 1 is 1.29 bits per heavy atom. The Bertz CT molecular complexity index is 362. The fraction of sp³-hybridized carbons (Fsp3) is 0.500. The van der Waals surface area contributed by atoms with Crippen molar-refractivity contribution >= 4 is 16.9 Å². The molecule has 1 aromatic rings. The third-order valence-corrected chi connectivity index (χ3v) is 4.08. The van der Waals surface area contributed by atoms with Crippen LogP contribution in [0.15, 0.2) is 35.3 Å². The molecule has 1 aromatic carbocycles. The Hall–Kier alpha value is -0.960. The maximum Gasteiger partial charge on any atom is 0.157 e. The van der Waals surface area contributed by atoms with Gasteiger partial charge in [0.1, 0.15) is 0 Å². The highest BCUT2D eigenvalue weighted by molar-refractivity contribution is 8.14. The molecule has 17 heavy (non-hydrogen) atoms. The maximum atomic E-state index is 4.56. The smallest absolute Gasteiger partial charge is 0.157 e. The Balaban J connectivity index is 1.75. The number of rotatable bonds is 5. The van der Waals surface area contributed by atoms with Crippen LogP contribution in [-0.4, -0.2) is 18.3 Å². The normalized spacial score (nSPS) is 19.1. The van der Waals surface area contributed by atoms with Gasteiger partial charge in [0.25, 0.3) is 0 Å². The van der Waals surface area contributed by atoms with Gasteiger partial charge in [-0.05, 0) is 12.0 Å². The lowest BCUT2D eigenvalue weighted by Gasteiger charge is -2.09. The first-order valence-corrected chi connectivity index (χ1v) is 7.28. The van der Waals surface area contributed by atoms with E-state index < -0.39 is 0 Å². The van der Waals surface area contributed by atoms with Crippen LogP contribution in [0.25, 0.3) is 0 Å². The third kappa shape index (κ3) is 3.77. The van der Waals surface area contributed by atoms with E-state index in [4.69, 9.17) is 0 Å². The minimum Gasteiger partial charge on any atom is -0.365 e. The van der Waals surface area contributed by atoms with Gasteiger partial charge in [-0.1, -0.05) is 61.9 Å². The van der Waals surface area contributed by atoms with Gasteiger partial charge in [-0.2, -0.15) is 0 Å². The summed E-state index contributed by atoms with van der Waals surface area (Å²) in [5.41, 5.74) is 1.38. The van der Waals surface area contributed by atoms with Gasteiger partial charge in [-0.25, -0.2) is 0 Å². The lowest BCUT2D eigenvalue weighted by atomic mass is 10.1. The molecule has 0 aromatic heterocycles. The van der Waals surface area contributed by atoms with E-state index in [-0.39, 0.29) is 0 Å². The Kier molecular flexibility index (Phi) is 4.92. The third-order valence-electron chi connectivity index (χ3n) is 2.88. The number of amidine groups is 1. The van der Waals surface area contributed by atoms with Crippen LogP contribution < -0.4 is 5.32 Å². The van der Waals surface area contributed by atoms with Crippen molar-refractivity contribution in [3.8, 4) is 0 Å². The van der Waals surface area contributed by atoms with Crippen LogP contribution in [0.4, 0.5) is 0 Å². The first-order chi connectivity index (χ1) is 8.40. The van der Waals surface area contributed by atoms with Crippen molar-refractivity contribution in [1.82, 2.24) is 5.32 Å². The summed E-state index contributed by atoms with van der Waals surface area (Å²) in [7, 11) is 0. The van der Waals surface area contributed by atoms with Crippen LogP contribution in [0, 0.1) is 0 Å². The van der Waals surface area contributed by atoms with Crippen LogP contribution in [0.5, 0.6) is 0 Å². The van der Waals surface area contributed by atoms with Crippen LogP contribution in [0.2, 0.25) is 0 Å². The van der Waals surface area contributed by atoms with Crippen LogP contribution in [-0.2, 0) is 0 Å². The zero-order valence-corrected chi connectivity index (χ0v) is 11.2. The van der Waals surface area contributed by atoms with Crippen LogP contribution in [0.3, 0.4) is 0 Å². The van der Waals surface area contributed by atoms with Gasteiger partial charge in [0.15, 0.2) is 5.17 Å². The highest BCUT2D eigenvalue weighted by Gasteiger charge is 2.20. The molecule has 1 aliphatic heterocycles. The van der Waals surface area contributed by atoms with E-state index in [0.717, 1.165) is 18.3 Å². The summed E-state index contributed by atoms with van der Waals surface area (Å²) < 4.78 is 0. The standard InChI is InChI=1S/C14H20N2S/c1-2-3-7-10-15-14-16-11-13(17-14)12-8-5-4-6-9-12/h4-6,8-9,13H,2-3,7,10-11H2,1H3,(H,15,16). The molecule has 1 N–H and O–H groups in total. The molecule has 2 nitrogen and oxygen atoms in total. The van der Waals surface area contributed by atoms with E-state index in [1.165, 1.54) is 24.8 Å². The monoisotopic (exact) mass is 248 g/mol. The summed E-state index contributed by atoms with van der Waals surface area (Å²) in [6, 6.07) is 10.6. The number of unbranched alkanes of at least 4 members (excludes halogenated alkanes) is 2. The summed E-state index contributed by atoms with van der Waals surface area (Å²) in [6.45, 7) is 4.19. The molecule has 0 spiro atoms. The Morgan fingerprint density at radius 3 is 2.88 bits per heavy atom. The molecule has 92 valence electrons. The number of hydrogen-bond donors (Lipinski definition) is 1. The first kappa shape index (κ1) is 12.5. The van der Waals surface area contributed by atoms with Gasteiger partial charge in [-0.3, -0.25) is 4.99 Å². The largest absolute Gasteiger partial charge is 0.365 e. The van der Waals surface area contributed by atoms with Gasteiger partial charge in [0.2, 0.25) is 0 Å². The number of benzene rings is 1. The number of nitrogens with one attached hydrogen (secondary N) is 1. The second-order valence-electron chi connectivity index (χ2n) is 4.30. The molecule has 2 rings (SSSR count). The average molecular weight is 248 g/mol. The lowest BCUT2D eigenvalue weighted by molar-refractivity contribution is 0.698. The van der Waals surface area contributed by atoms with Crippen LogP contribution >= 0.6 is 11.8 Å². The van der Waals surface area contributed by atoms with Crippen LogP contribution in [0.1, 0.15) is 37.0 Å². The molecule has 0 saturated heterocycles. The first-order valence-electron chi connectivity index (χ1n) is 6.40. The topological polar surface area (TPSA) is 24.4 Å². The zero-order chi connectivity index (χ0) is 11.9. The Labute approximate surface area is 108 Å². The molecule has 0 fully saturated rings. The van der Waals surface area contributed by atoms with Crippen molar-refractivity contribution in [2.45, 2.75) is 31.4 Å². The van der Waals surface area contributed by atoms with Gasteiger partial charge in [0.05, 0.1) is 11.8 Å². The van der Waals surface area contributed by atoms with Crippen molar-refractivity contribution in [2.24, 2.45) is 4.99 Å². The molecular weight excluding hydrogens is 228 g/mol. The average Bonchev–Trinajstić information content (AvgIpc) is 2.85. The summed E-state index contributed by atoms with van der Waals surface area (Å²) in [5.74, 6) is 0. The van der Waals surface area contributed by atoms with Crippen molar-refractivity contribution in [2.75, 3.05) is 13.1 Å². The molecule has 0 aliphatic carbocycles. The number of hydrogen-bond acceptors (Lipinski definition) is 3. The SMILES string of the molecule is CCCCCNC1=NCC(c2ccccc2)S1. The van der Waals surface area contributed by atoms with Crippen molar-refractivity contribution in [1.29, 1.82) is 0 Å². The van der Waals surface area contributed by atoms with E-state index in [1.54, 1.807) is 0 Å². The number of aliphatic imine (C=N–C) groups is 1. The summed E-state index contributed by atoms with van der Waals surface area (Å²) >= 11 is 1.86. The zero-order valence-electron chi connectivity index (χ0n) is 10.4. The van der Waals surface area contributed by atoms with Gasteiger partial charge < -0.3 is 5.32 Å². The molecule has 0 radical (unpaired) electrons. The second kappa shape index (κ2) is 6.70. The van der Waals surface area contributed by atoms with Gasteiger partial charge in [0, 0.05) is 6.54 Å². The molecule has 0 amide bonds. The molecular formula is C14H20N2S. The van der Waals surface area contributed by atoms with Crippen molar-refractivity contribution < 1.29 is 0 Å². The van der Waals surface area contributed by atoms with E-state index in [9.17, 15) is 0 Å². The molecule has 3 heteroatoms. The van der Waals surface area contributed by atoms with E-state index >= 15 is 0 Å². The molecule has 1 unspecified atom stereocenters. The number of thioether (sulfide) groups is 1. The predicted molar refractivity (Wildman–Crippen MR) is 76.6 cm³/mol. The predicted octanol–water partition coefficient (Wildman–Crippen LogP) is 3.61. The fourth-order valence-corrected chi connectivity index (χ4v) is 2.93. The molecule has 0 bridgehead atoms. The van der Waals surface area contributed by atoms with Crippen molar-refractivity contribution in [3.63, 3.8) is 0 Å². The maximum absolute atomic E-state index is 4.56. The lowest BCUT2D eigenvalue weighted by Crippen LogP contribution is -2.20. The van der Waals surface area contributed by atoms with Gasteiger partial charge >= 0.3 is 0 Å². The minimum absolute atomic E-state index is 0.505. The number of nitrogens with zero attached hydrogens (tertiary/aromatic N) is 1. The molecule has 0 saturated carbocycles. The highest BCUT2D eigenvalue weighted by Crippen LogP contribution is 2.33. The quantitative estimate of drug-likeness (QED) is 0.805. The van der Waals surface area contributed by atoms with Crippen molar-refractivity contribution in [3.05, 3.63) is 35.9 Å². The highest BCUT2D eigenvalue weighted by atomic mass is 32.2. The second-order valence-corrected chi connectivity index (χ2v) is 5.49. The molecule has 1 heterocycles. The molecule has 1 aliphatic rings. The summed E-state index contributed by atoms with van der Waals surface area (Å²) in [5, 5.41) is 5.05.